The molecule has 0 unspecified atom stereocenters. The van der Waals surface area contributed by atoms with Gasteiger partial charge in [-0.3, -0.25) is 5.10 Å². The van der Waals surface area contributed by atoms with Gasteiger partial charge in [-0.2, -0.15) is 10.4 Å². The van der Waals surface area contributed by atoms with Gasteiger partial charge in [0.15, 0.2) is 0 Å². The Morgan fingerprint density at radius 1 is 1.47 bits per heavy atom. The molecule has 7 nitrogen and oxygen atoms in total. The van der Waals surface area contributed by atoms with Crippen molar-refractivity contribution in [2.75, 3.05) is 0 Å². The minimum atomic E-state index is -1.13. The van der Waals surface area contributed by atoms with Gasteiger partial charge in [-0.1, -0.05) is 12.1 Å². The quantitative estimate of drug-likeness (QED) is 0.761. The van der Waals surface area contributed by atoms with E-state index in [0.29, 0.717) is 17.8 Å². The molecule has 0 aliphatic rings. The van der Waals surface area contributed by atoms with Gasteiger partial charge in [0.1, 0.15) is 12.2 Å². The summed E-state index contributed by atoms with van der Waals surface area (Å²) >= 11 is 0. The van der Waals surface area contributed by atoms with Gasteiger partial charge in [-0.15, -0.1) is 0 Å². The van der Waals surface area contributed by atoms with Crippen LogP contribution in [0.15, 0.2) is 30.6 Å². The lowest BCUT2D eigenvalue weighted by Gasteiger charge is -2.14. The molecule has 2 rings (SSSR count). The molecule has 0 spiro atoms. The number of carbonyl (C=O) groups is 1. The molecule has 7 heteroatoms. The summed E-state index contributed by atoms with van der Waals surface area (Å²) in [6.45, 7) is 0. The van der Waals surface area contributed by atoms with Crippen molar-refractivity contribution in [3.63, 3.8) is 0 Å². The van der Waals surface area contributed by atoms with Gasteiger partial charge in [-0.05, 0) is 17.7 Å². The topological polar surface area (TPSA) is 115 Å². The lowest BCUT2D eigenvalue weighted by molar-refractivity contribution is 0.189. The molecule has 1 aromatic carbocycles. The Morgan fingerprint density at radius 3 is 2.74 bits per heavy atom. The number of hydrogen-bond acceptors (Lipinski definition) is 4. The molecule has 1 heterocycles. The molecule has 1 atom stereocenters. The zero-order valence-electron chi connectivity index (χ0n) is 9.87. The molecule has 1 aromatic heterocycles. The fourth-order valence-electron chi connectivity index (χ4n) is 1.70. The normalized spacial score (nSPS) is 11.5. The Hall–Kier alpha value is -2.88. The number of H-pyrrole nitrogens is 1. The van der Waals surface area contributed by atoms with Crippen molar-refractivity contribution in [3.05, 3.63) is 47.5 Å². The van der Waals surface area contributed by atoms with Crippen molar-refractivity contribution in [2.24, 2.45) is 0 Å². The molecule has 1 amide bonds. The zero-order valence-corrected chi connectivity index (χ0v) is 9.87. The average molecular weight is 257 g/mol. The van der Waals surface area contributed by atoms with E-state index in [1.165, 1.54) is 6.33 Å². The summed E-state index contributed by atoms with van der Waals surface area (Å²) in [5.74, 6) is 0.451. The maximum atomic E-state index is 10.8. The SMILES string of the molecule is N#Cc1ccc(C[C@@H](NC(=O)O)c2ncn[nH]2)cc1. The summed E-state index contributed by atoms with van der Waals surface area (Å²) in [6, 6.07) is 8.46. The largest absolute Gasteiger partial charge is 0.465 e. The van der Waals surface area contributed by atoms with Gasteiger partial charge in [-0.25, -0.2) is 9.78 Å². The highest BCUT2D eigenvalue weighted by atomic mass is 16.4. The highest BCUT2D eigenvalue weighted by Gasteiger charge is 2.17. The molecule has 0 fully saturated rings. The van der Waals surface area contributed by atoms with Crippen LogP contribution < -0.4 is 5.32 Å². The van der Waals surface area contributed by atoms with Gasteiger partial charge in [0.2, 0.25) is 0 Å². The minimum absolute atomic E-state index is 0.424. The summed E-state index contributed by atoms with van der Waals surface area (Å²) in [6.07, 6.45) is 0.618. The Kier molecular flexibility index (Phi) is 3.73. The fourth-order valence-corrected chi connectivity index (χ4v) is 1.70. The molecule has 3 N–H and O–H groups in total. The lowest BCUT2D eigenvalue weighted by Crippen LogP contribution is -2.29. The first-order valence-electron chi connectivity index (χ1n) is 5.53. The summed E-state index contributed by atoms with van der Waals surface area (Å²) in [5.41, 5.74) is 1.46. The predicted molar refractivity (Wildman–Crippen MR) is 65.1 cm³/mol. The summed E-state index contributed by atoms with van der Waals surface area (Å²) in [5, 5.41) is 26.3. The molecule has 0 aliphatic heterocycles. The zero-order chi connectivity index (χ0) is 13.7. The second-order valence-corrected chi connectivity index (χ2v) is 3.89. The summed E-state index contributed by atoms with van der Waals surface area (Å²) in [4.78, 5) is 14.7. The van der Waals surface area contributed by atoms with Crippen LogP contribution in [0.25, 0.3) is 0 Å². The average Bonchev–Trinajstić information content (AvgIpc) is 2.92. The van der Waals surface area contributed by atoms with Crippen LogP contribution in [0.5, 0.6) is 0 Å². The number of nitrogens with zero attached hydrogens (tertiary/aromatic N) is 3. The van der Waals surface area contributed by atoms with Crippen molar-refractivity contribution >= 4 is 6.09 Å². The molecular formula is C12H11N5O2. The smallest absolute Gasteiger partial charge is 0.405 e. The lowest BCUT2D eigenvalue weighted by atomic mass is 10.0. The predicted octanol–water partition coefficient (Wildman–Crippen LogP) is 1.23. The van der Waals surface area contributed by atoms with Crippen LogP contribution in [0.1, 0.15) is 23.0 Å². The summed E-state index contributed by atoms with van der Waals surface area (Å²) in [7, 11) is 0. The fraction of sp³-hybridized carbons (Fsp3) is 0.167. The highest BCUT2D eigenvalue weighted by molar-refractivity contribution is 5.65. The number of amides is 1. The Bertz CT molecular complexity index is 586. The molecule has 0 saturated carbocycles. The highest BCUT2D eigenvalue weighted by Crippen LogP contribution is 2.15. The van der Waals surface area contributed by atoms with Crippen LogP contribution in [0.2, 0.25) is 0 Å². The van der Waals surface area contributed by atoms with Crippen LogP contribution in [0, 0.1) is 11.3 Å². The van der Waals surface area contributed by atoms with Crippen molar-refractivity contribution < 1.29 is 9.90 Å². The number of aromatic amines is 1. The maximum absolute atomic E-state index is 10.8. The van der Waals surface area contributed by atoms with Crippen LogP contribution in [0.4, 0.5) is 4.79 Å². The van der Waals surface area contributed by atoms with E-state index in [-0.39, 0.29) is 0 Å². The number of aromatic nitrogens is 3. The van der Waals surface area contributed by atoms with Gasteiger partial charge < -0.3 is 10.4 Å². The van der Waals surface area contributed by atoms with Crippen molar-refractivity contribution in [3.8, 4) is 6.07 Å². The van der Waals surface area contributed by atoms with Gasteiger partial charge in [0.05, 0.1) is 17.7 Å². The third-order valence-corrected chi connectivity index (χ3v) is 2.58. The third-order valence-electron chi connectivity index (χ3n) is 2.58. The van der Waals surface area contributed by atoms with E-state index in [1.807, 2.05) is 6.07 Å². The molecular weight excluding hydrogens is 246 g/mol. The van der Waals surface area contributed by atoms with Crippen molar-refractivity contribution in [2.45, 2.75) is 12.5 Å². The van der Waals surface area contributed by atoms with Crippen LogP contribution in [0.3, 0.4) is 0 Å². The maximum Gasteiger partial charge on any atom is 0.405 e. The second-order valence-electron chi connectivity index (χ2n) is 3.89. The molecule has 0 aliphatic carbocycles. The Balaban J connectivity index is 2.15. The summed E-state index contributed by atoms with van der Waals surface area (Å²) < 4.78 is 0. The number of rotatable bonds is 4. The number of carboxylic acid groups (broad SMARTS) is 1. The molecule has 0 radical (unpaired) electrons. The molecule has 96 valence electrons. The molecule has 2 aromatic rings. The van der Waals surface area contributed by atoms with E-state index in [4.69, 9.17) is 10.4 Å². The Labute approximate surface area is 108 Å². The standard InChI is InChI=1S/C12H11N5O2/c13-6-9-3-1-8(2-4-9)5-10(16-12(18)19)11-14-7-15-17-11/h1-4,7,10,16H,5H2,(H,18,19)(H,14,15,17)/t10-/m1/s1. The van der Waals surface area contributed by atoms with Crippen LogP contribution in [-0.4, -0.2) is 26.4 Å². The van der Waals surface area contributed by atoms with Gasteiger partial charge in [0, 0.05) is 6.42 Å². The first-order chi connectivity index (χ1) is 9.19. The van der Waals surface area contributed by atoms with Crippen LogP contribution in [-0.2, 0) is 6.42 Å². The minimum Gasteiger partial charge on any atom is -0.465 e. The molecule has 0 bridgehead atoms. The third kappa shape index (κ3) is 3.29. The monoisotopic (exact) mass is 257 g/mol. The first-order valence-corrected chi connectivity index (χ1v) is 5.53. The van der Waals surface area contributed by atoms with E-state index in [9.17, 15) is 4.79 Å². The molecule has 0 saturated heterocycles. The molecule has 19 heavy (non-hydrogen) atoms. The Morgan fingerprint density at radius 2 is 2.21 bits per heavy atom. The van der Waals surface area contributed by atoms with Crippen molar-refractivity contribution in [1.82, 2.24) is 20.5 Å². The number of hydrogen-bond donors (Lipinski definition) is 3. The van der Waals surface area contributed by atoms with Gasteiger partial charge in [0.25, 0.3) is 0 Å². The van der Waals surface area contributed by atoms with E-state index in [2.05, 4.69) is 20.5 Å². The number of nitrogens with one attached hydrogen (secondary N) is 2. The van der Waals surface area contributed by atoms with E-state index < -0.39 is 12.1 Å². The van der Waals surface area contributed by atoms with Crippen molar-refractivity contribution in [1.29, 1.82) is 5.26 Å². The van der Waals surface area contributed by atoms with E-state index in [1.54, 1.807) is 24.3 Å². The van der Waals surface area contributed by atoms with E-state index in [0.717, 1.165) is 5.56 Å². The second kappa shape index (κ2) is 5.64. The number of nitriles is 1. The number of benzene rings is 1. The van der Waals surface area contributed by atoms with Gasteiger partial charge >= 0.3 is 6.09 Å². The van der Waals surface area contributed by atoms with Crippen LogP contribution >= 0.6 is 0 Å². The van der Waals surface area contributed by atoms with E-state index >= 15 is 0 Å². The first kappa shape index (κ1) is 12.6.